The summed E-state index contributed by atoms with van der Waals surface area (Å²) in [7, 11) is -8.37. The maximum atomic E-state index is 12.4. The number of hydrogen-bond donors (Lipinski definition) is 2. The first kappa shape index (κ1) is 19.8. The zero-order chi connectivity index (χ0) is 16.6. The summed E-state index contributed by atoms with van der Waals surface area (Å²) in [6.45, 7) is 2.65. The largest absolute Gasteiger partial charge is 0.233 e. The van der Waals surface area contributed by atoms with Crippen molar-refractivity contribution < 1.29 is 16.8 Å². The van der Waals surface area contributed by atoms with Crippen LogP contribution in [-0.4, -0.2) is 34.0 Å². The van der Waals surface area contributed by atoms with Gasteiger partial charge >= 0.3 is 0 Å². The normalized spacial score (nSPS) is 12.6. The minimum absolute atomic E-state index is 0.0509. The molecule has 0 aromatic heterocycles. The molecule has 0 radical (unpaired) electrons. The predicted octanol–water partition coefficient (Wildman–Crippen LogP) is 0.169. The van der Waals surface area contributed by atoms with Gasteiger partial charge in [-0.1, -0.05) is 13.8 Å². The Hall–Kier alpha value is -1.20. The highest BCUT2D eigenvalue weighted by Crippen LogP contribution is 2.31. The van der Waals surface area contributed by atoms with E-state index in [4.69, 9.17) is 10.5 Å². The van der Waals surface area contributed by atoms with E-state index >= 15 is 0 Å². The van der Waals surface area contributed by atoms with Crippen LogP contribution >= 0.6 is 0 Å². The van der Waals surface area contributed by atoms with Crippen molar-refractivity contribution in [3.05, 3.63) is 0 Å². The molecular weight excluding hydrogens is 316 g/mol. The van der Waals surface area contributed by atoms with Crippen LogP contribution in [0.15, 0.2) is 0 Å². The summed E-state index contributed by atoms with van der Waals surface area (Å²) in [6, 6.07) is 3.56. The van der Waals surface area contributed by atoms with E-state index in [1.54, 1.807) is 12.1 Å². The molecule has 10 heteroatoms. The van der Waals surface area contributed by atoms with Gasteiger partial charge in [0, 0.05) is 25.9 Å². The molecule has 0 heterocycles. The molecule has 0 aliphatic heterocycles. The lowest BCUT2D eigenvalue weighted by Gasteiger charge is -2.30. The lowest BCUT2D eigenvalue weighted by molar-refractivity contribution is 0.508. The molecule has 0 bridgehead atoms. The fraction of sp³-hybridized carbons (Fsp3) is 0.818. The second kappa shape index (κ2) is 8.29. The number of nitrogens with one attached hydrogen (secondary N) is 2. The molecule has 0 aromatic rings. The average molecular weight is 336 g/mol. The number of rotatable bonds is 10. The van der Waals surface area contributed by atoms with Gasteiger partial charge in [-0.3, -0.25) is 0 Å². The molecule has 0 spiro atoms. The third-order valence-electron chi connectivity index (χ3n) is 3.11. The highest BCUT2D eigenvalue weighted by Gasteiger charge is 2.52. The Kier molecular flexibility index (Phi) is 7.82. The van der Waals surface area contributed by atoms with Crippen LogP contribution in [0.1, 0.15) is 39.5 Å². The number of nitriles is 2. The minimum atomic E-state index is -4.19. The first-order valence-electron chi connectivity index (χ1n) is 6.47. The van der Waals surface area contributed by atoms with Crippen molar-refractivity contribution in [2.75, 3.05) is 13.1 Å². The number of hydrogen-bond acceptors (Lipinski definition) is 6. The van der Waals surface area contributed by atoms with Gasteiger partial charge in [-0.2, -0.15) is 10.5 Å². The van der Waals surface area contributed by atoms with Crippen molar-refractivity contribution in [1.82, 2.24) is 9.44 Å². The van der Waals surface area contributed by atoms with E-state index in [1.165, 1.54) is 13.8 Å². The molecule has 0 aliphatic carbocycles. The summed E-state index contributed by atoms with van der Waals surface area (Å²) in [4.78, 5) is 0. The Balaban J connectivity index is 5.52. The monoisotopic (exact) mass is 336 g/mol. The van der Waals surface area contributed by atoms with Gasteiger partial charge in [0.25, 0.3) is 0 Å². The van der Waals surface area contributed by atoms with Gasteiger partial charge in [0.2, 0.25) is 20.0 Å². The highest BCUT2D eigenvalue weighted by atomic mass is 32.3. The molecule has 0 aliphatic rings. The molecule has 0 unspecified atom stereocenters. The molecule has 21 heavy (non-hydrogen) atoms. The summed E-state index contributed by atoms with van der Waals surface area (Å²) < 4.78 is 51.8. The van der Waals surface area contributed by atoms with E-state index in [0.717, 1.165) is 0 Å². The molecule has 0 saturated carbocycles. The molecule has 2 N–H and O–H groups in total. The van der Waals surface area contributed by atoms with Crippen molar-refractivity contribution in [3.63, 3.8) is 0 Å². The molecular formula is C11H20N4O4S2. The lowest BCUT2D eigenvalue weighted by atomic mass is 10.2. The van der Waals surface area contributed by atoms with Crippen LogP contribution in [0.5, 0.6) is 0 Å². The highest BCUT2D eigenvalue weighted by molar-refractivity contribution is 8.08. The number of nitrogens with zero attached hydrogens (tertiary/aromatic N) is 2. The Labute approximate surface area is 126 Å². The van der Waals surface area contributed by atoms with E-state index in [2.05, 4.69) is 9.44 Å². The quantitative estimate of drug-likeness (QED) is 0.545. The molecule has 0 rings (SSSR count). The van der Waals surface area contributed by atoms with Gasteiger partial charge in [0.05, 0.1) is 12.1 Å². The van der Waals surface area contributed by atoms with E-state index in [0.29, 0.717) is 0 Å². The van der Waals surface area contributed by atoms with Gasteiger partial charge in [0.15, 0.2) is 4.08 Å². The maximum absolute atomic E-state index is 12.4. The van der Waals surface area contributed by atoms with Crippen molar-refractivity contribution in [3.8, 4) is 12.1 Å². The first-order chi connectivity index (χ1) is 9.74. The van der Waals surface area contributed by atoms with Gasteiger partial charge in [-0.15, -0.1) is 0 Å². The molecule has 0 aromatic carbocycles. The second-order valence-corrected chi connectivity index (χ2v) is 8.64. The smallest absolute Gasteiger partial charge is 0.213 e. The summed E-state index contributed by atoms with van der Waals surface area (Å²) in [6.07, 6.45) is -0.393. The van der Waals surface area contributed by atoms with Crippen LogP contribution in [0.3, 0.4) is 0 Å². The molecule has 120 valence electrons. The third-order valence-corrected chi connectivity index (χ3v) is 8.71. The molecule has 0 atom stereocenters. The molecule has 8 nitrogen and oxygen atoms in total. The van der Waals surface area contributed by atoms with Crippen LogP contribution in [0.4, 0.5) is 0 Å². The van der Waals surface area contributed by atoms with Crippen LogP contribution in [0, 0.1) is 22.7 Å². The Morgan fingerprint density at radius 1 is 0.857 bits per heavy atom. The Morgan fingerprint density at radius 2 is 1.19 bits per heavy atom. The summed E-state index contributed by atoms with van der Waals surface area (Å²) in [5, 5.41) is 16.9. The SMILES string of the molecule is CCC(CC)(S(=O)(=O)NCCC#N)S(=O)(=O)NCCC#N. The fourth-order valence-electron chi connectivity index (χ4n) is 1.90. The van der Waals surface area contributed by atoms with Crippen molar-refractivity contribution >= 4 is 20.0 Å². The Bertz CT molecular complexity index is 558. The van der Waals surface area contributed by atoms with Crippen molar-refractivity contribution in [1.29, 1.82) is 10.5 Å². The van der Waals surface area contributed by atoms with Crippen molar-refractivity contribution in [2.45, 2.75) is 43.6 Å². The summed E-state index contributed by atoms with van der Waals surface area (Å²) in [5.74, 6) is 0. The lowest BCUT2D eigenvalue weighted by Crippen LogP contribution is -2.55. The minimum Gasteiger partial charge on any atom is -0.213 e. The van der Waals surface area contributed by atoms with Gasteiger partial charge in [-0.25, -0.2) is 26.3 Å². The summed E-state index contributed by atoms with van der Waals surface area (Å²) in [5.41, 5.74) is 0. The second-order valence-electron chi connectivity index (χ2n) is 4.23. The molecule has 0 saturated heterocycles. The predicted molar refractivity (Wildman–Crippen MR) is 77.6 cm³/mol. The van der Waals surface area contributed by atoms with Crippen LogP contribution in [0.2, 0.25) is 0 Å². The summed E-state index contributed by atoms with van der Waals surface area (Å²) >= 11 is 0. The van der Waals surface area contributed by atoms with Gasteiger partial charge < -0.3 is 0 Å². The zero-order valence-corrected chi connectivity index (χ0v) is 13.7. The van der Waals surface area contributed by atoms with Crippen LogP contribution in [0.25, 0.3) is 0 Å². The zero-order valence-electron chi connectivity index (χ0n) is 12.1. The van der Waals surface area contributed by atoms with Crippen molar-refractivity contribution in [2.24, 2.45) is 0 Å². The van der Waals surface area contributed by atoms with Crippen LogP contribution in [-0.2, 0) is 20.0 Å². The standard InChI is InChI=1S/C11H20N4O4S2/c1-3-11(4-2,20(16,17)14-9-5-7-12)21(18,19)15-10-6-8-13/h14-15H,3-6,9-10H2,1-2H3. The number of sulfonamides is 2. The van der Waals surface area contributed by atoms with E-state index in [9.17, 15) is 16.8 Å². The van der Waals surface area contributed by atoms with Gasteiger partial charge in [-0.05, 0) is 12.8 Å². The van der Waals surface area contributed by atoms with Gasteiger partial charge in [0.1, 0.15) is 0 Å². The topological polar surface area (TPSA) is 140 Å². The first-order valence-corrected chi connectivity index (χ1v) is 9.43. The fourth-order valence-corrected chi connectivity index (χ4v) is 6.20. The van der Waals surface area contributed by atoms with Crippen LogP contribution < -0.4 is 9.44 Å². The Morgan fingerprint density at radius 3 is 1.43 bits per heavy atom. The van der Waals surface area contributed by atoms with E-state index in [1.807, 2.05) is 0 Å². The average Bonchev–Trinajstić information content (AvgIpc) is 2.40. The third kappa shape index (κ3) is 4.38. The molecule has 0 fully saturated rings. The molecule has 0 amide bonds. The van der Waals surface area contributed by atoms with E-state index < -0.39 is 24.1 Å². The van der Waals surface area contributed by atoms with E-state index in [-0.39, 0.29) is 38.8 Å². The maximum Gasteiger partial charge on any atom is 0.233 e.